The molecular formula is C20H22FN5O3S. The van der Waals surface area contributed by atoms with E-state index in [2.05, 4.69) is 15.5 Å². The standard InChI is InChI=1S/C20H22FN5O3S/c1-4-25(12-14-8-9-17(28-2)18(10-14)29-3)19(27)13-30-20-22-23-24-26(20)16-7-5-6-15(21)11-16/h5-11H,4,12-13H2,1-3H3. The summed E-state index contributed by atoms with van der Waals surface area (Å²) in [7, 11) is 3.15. The molecule has 1 amide bonds. The fourth-order valence-corrected chi connectivity index (χ4v) is 3.63. The molecule has 30 heavy (non-hydrogen) atoms. The zero-order valence-corrected chi connectivity index (χ0v) is 17.7. The molecule has 3 rings (SSSR count). The lowest BCUT2D eigenvalue weighted by molar-refractivity contribution is -0.128. The number of tetrazole rings is 1. The highest BCUT2D eigenvalue weighted by molar-refractivity contribution is 7.99. The molecule has 0 radical (unpaired) electrons. The molecule has 1 aromatic heterocycles. The Balaban J connectivity index is 1.66. The monoisotopic (exact) mass is 431 g/mol. The van der Waals surface area contributed by atoms with Gasteiger partial charge >= 0.3 is 0 Å². The molecule has 1 heterocycles. The third-order valence-corrected chi connectivity index (χ3v) is 5.28. The Morgan fingerprint density at radius 3 is 2.67 bits per heavy atom. The topological polar surface area (TPSA) is 82.4 Å². The van der Waals surface area contributed by atoms with E-state index >= 15 is 0 Å². The second-order valence-electron chi connectivity index (χ2n) is 6.24. The molecular weight excluding hydrogens is 409 g/mol. The summed E-state index contributed by atoms with van der Waals surface area (Å²) in [4.78, 5) is 14.5. The van der Waals surface area contributed by atoms with Crippen LogP contribution in [-0.2, 0) is 11.3 Å². The maximum absolute atomic E-state index is 13.5. The van der Waals surface area contributed by atoms with Crippen molar-refractivity contribution in [2.24, 2.45) is 0 Å². The second-order valence-corrected chi connectivity index (χ2v) is 7.18. The first-order chi connectivity index (χ1) is 14.5. The summed E-state index contributed by atoms with van der Waals surface area (Å²) in [5.74, 6) is 0.947. The predicted molar refractivity (Wildman–Crippen MR) is 110 cm³/mol. The lowest BCUT2D eigenvalue weighted by Crippen LogP contribution is -2.31. The molecule has 10 heteroatoms. The highest BCUT2D eigenvalue weighted by atomic mass is 32.2. The van der Waals surface area contributed by atoms with E-state index in [-0.39, 0.29) is 17.5 Å². The van der Waals surface area contributed by atoms with Crippen molar-refractivity contribution in [3.8, 4) is 17.2 Å². The summed E-state index contributed by atoms with van der Waals surface area (Å²) in [6, 6.07) is 11.5. The van der Waals surface area contributed by atoms with E-state index in [9.17, 15) is 9.18 Å². The highest BCUT2D eigenvalue weighted by Crippen LogP contribution is 2.28. The van der Waals surface area contributed by atoms with Gasteiger partial charge in [-0.05, 0) is 53.2 Å². The number of methoxy groups -OCH3 is 2. The Hall–Kier alpha value is -3.14. The number of amides is 1. The highest BCUT2D eigenvalue weighted by Gasteiger charge is 2.17. The van der Waals surface area contributed by atoms with Gasteiger partial charge in [0.2, 0.25) is 11.1 Å². The molecule has 8 nitrogen and oxygen atoms in total. The second kappa shape index (κ2) is 10.1. The normalized spacial score (nSPS) is 10.7. The maximum Gasteiger partial charge on any atom is 0.233 e. The first-order valence-electron chi connectivity index (χ1n) is 9.21. The number of ether oxygens (including phenoxy) is 2. The summed E-state index contributed by atoms with van der Waals surface area (Å²) in [6.07, 6.45) is 0. The zero-order chi connectivity index (χ0) is 21.5. The lowest BCUT2D eigenvalue weighted by Gasteiger charge is -2.21. The van der Waals surface area contributed by atoms with E-state index in [0.29, 0.717) is 35.4 Å². The average Bonchev–Trinajstić information content (AvgIpc) is 3.24. The number of carbonyl (C=O) groups excluding carboxylic acids is 1. The van der Waals surface area contributed by atoms with Gasteiger partial charge in [-0.3, -0.25) is 4.79 Å². The van der Waals surface area contributed by atoms with E-state index < -0.39 is 0 Å². The molecule has 0 saturated heterocycles. The summed E-state index contributed by atoms with van der Waals surface area (Å²) in [5, 5.41) is 11.9. The van der Waals surface area contributed by atoms with E-state index in [1.165, 1.54) is 28.6 Å². The molecule has 158 valence electrons. The molecule has 2 aromatic carbocycles. The van der Waals surface area contributed by atoms with Crippen LogP contribution in [0.3, 0.4) is 0 Å². The summed E-state index contributed by atoms with van der Waals surface area (Å²) < 4.78 is 25.5. The van der Waals surface area contributed by atoms with Crippen LogP contribution in [0, 0.1) is 5.82 Å². The molecule has 0 aliphatic rings. The van der Waals surface area contributed by atoms with Gasteiger partial charge in [-0.1, -0.05) is 23.9 Å². The first-order valence-corrected chi connectivity index (χ1v) is 10.2. The van der Waals surface area contributed by atoms with Crippen LogP contribution in [0.4, 0.5) is 4.39 Å². The molecule has 0 unspecified atom stereocenters. The number of halogens is 1. The number of hydrogen-bond donors (Lipinski definition) is 0. The molecule has 0 aliphatic carbocycles. The van der Waals surface area contributed by atoms with Gasteiger partial charge in [0.1, 0.15) is 5.82 Å². The first kappa shape index (κ1) is 21.6. The molecule has 0 atom stereocenters. The van der Waals surface area contributed by atoms with E-state index in [1.807, 2.05) is 25.1 Å². The SMILES string of the molecule is CCN(Cc1ccc(OC)c(OC)c1)C(=O)CSc1nnnn1-c1cccc(F)c1. The van der Waals surface area contributed by atoms with Crippen LogP contribution in [-0.4, -0.2) is 57.5 Å². The number of benzene rings is 2. The van der Waals surface area contributed by atoms with Crippen LogP contribution in [0.25, 0.3) is 5.69 Å². The Kier molecular flexibility index (Phi) is 7.23. The fraction of sp³-hybridized carbons (Fsp3) is 0.300. The van der Waals surface area contributed by atoms with Crippen LogP contribution in [0.1, 0.15) is 12.5 Å². The van der Waals surface area contributed by atoms with Gasteiger partial charge in [-0.2, -0.15) is 4.68 Å². The molecule has 0 fully saturated rings. The number of carbonyl (C=O) groups is 1. The van der Waals surface area contributed by atoms with Crippen molar-refractivity contribution >= 4 is 17.7 Å². The van der Waals surface area contributed by atoms with E-state index in [1.54, 1.807) is 31.3 Å². The van der Waals surface area contributed by atoms with Gasteiger partial charge in [0.05, 0.1) is 25.7 Å². The van der Waals surface area contributed by atoms with Crippen molar-refractivity contribution in [2.45, 2.75) is 18.6 Å². The van der Waals surface area contributed by atoms with Crippen LogP contribution in [0.5, 0.6) is 11.5 Å². The third kappa shape index (κ3) is 5.07. The molecule has 0 N–H and O–H groups in total. The van der Waals surface area contributed by atoms with Crippen molar-refractivity contribution in [1.29, 1.82) is 0 Å². The van der Waals surface area contributed by atoms with Crippen LogP contribution in [0.2, 0.25) is 0 Å². The maximum atomic E-state index is 13.5. The van der Waals surface area contributed by atoms with Gasteiger partial charge in [-0.15, -0.1) is 5.10 Å². The van der Waals surface area contributed by atoms with Crippen molar-refractivity contribution in [2.75, 3.05) is 26.5 Å². The van der Waals surface area contributed by atoms with Crippen molar-refractivity contribution < 1.29 is 18.7 Å². The number of aromatic nitrogens is 4. The summed E-state index contributed by atoms with van der Waals surface area (Å²) in [6.45, 7) is 2.90. The minimum Gasteiger partial charge on any atom is -0.493 e. The largest absolute Gasteiger partial charge is 0.493 e. The Morgan fingerprint density at radius 2 is 1.97 bits per heavy atom. The van der Waals surface area contributed by atoms with Gasteiger partial charge in [-0.25, -0.2) is 4.39 Å². The van der Waals surface area contributed by atoms with Crippen molar-refractivity contribution in [3.05, 3.63) is 53.8 Å². The van der Waals surface area contributed by atoms with Gasteiger partial charge in [0, 0.05) is 13.1 Å². The number of thioether (sulfide) groups is 1. The van der Waals surface area contributed by atoms with Gasteiger partial charge in [0.15, 0.2) is 11.5 Å². The van der Waals surface area contributed by atoms with Crippen LogP contribution < -0.4 is 9.47 Å². The number of nitrogens with zero attached hydrogens (tertiary/aromatic N) is 5. The number of hydrogen-bond acceptors (Lipinski definition) is 7. The van der Waals surface area contributed by atoms with Crippen molar-refractivity contribution in [1.82, 2.24) is 25.1 Å². The van der Waals surface area contributed by atoms with E-state index in [0.717, 1.165) is 5.56 Å². The van der Waals surface area contributed by atoms with Gasteiger partial charge in [0.25, 0.3) is 0 Å². The van der Waals surface area contributed by atoms with Gasteiger partial charge < -0.3 is 14.4 Å². The van der Waals surface area contributed by atoms with Crippen LogP contribution >= 0.6 is 11.8 Å². The summed E-state index contributed by atoms with van der Waals surface area (Å²) in [5.41, 5.74) is 1.42. The fourth-order valence-electron chi connectivity index (χ4n) is 2.83. The minimum absolute atomic E-state index is 0.0638. The smallest absolute Gasteiger partial charge is 0.233 e. The molecule has 0 saturated carbocycles. The Morgan fingerprint density at radius 1 is 1.17 bits per heavy atom. The Labute approximate surface area is 178 Å². The predicted octanol–water partition coefficient (Wildman–Crippen LogP) is 2.96. The van der Waals surface area contributed by atoms with Crippen molar-refractivity contribution in [3.63, 3.8) is 0 Å². The minimum atomic E-state index is -0.387. The zero-order valence-electron chi connectivity index (χ0n) is 16.9. The molecule has 0 spiro atoms. The lowest BCUT2D eigenvalue weighted by atomic mass is 10.2. The number of rotatable bonds is 9. The molecule has 0 bridgehead atoms. The third-order valence-electron chi connectivity index (χ3n) is 4.37. The van der Waals surface area contributed by atoms with Crippen LogP contribution in [0.15, 0.2) is 47.6 Å². The Bertz CT molecular complexity index is 1010. The molecule has 0 aliphatic heterocycles. The quantitative estimate of drug-likeness (QED) is 0.482. The average molecular weight is 431 g/mol. The summed E-state index contributed by atoms with van der Waals surface area (Å²) >= 11 is 1.20. The van der Waals surface area contributed by atoms with E-state index in [4.69, 9.17) is 9.47 Å². The molecule has 3 aromatic rings.